The Labute approximate surface area is 79.7 Å². The van der Waals surface area contributed by atoms with Crippen LogP contribution in [-0.2, 0) is 0 Å². The molecular formula is C7H18INSi. The number of nitrogens with zero attached hydrogens (tertiary/aromatic N) is 1. The van der Waals surface area contributed by atoms with Crippen molar-refractivity contribution < 1.29 is 0 Å². The van der Waals surface area contributed by atoms with Crippen LogP contribution in [0, 0.1) is 0 Å². The molecule has 0 spiro atoms. The van der Waals surface area contributed by atoms with Gasteiger partial charge in [0.15, 0.2) is 7.18 Å². The molecule has 0 unspecified atom stereocenters. The van der Waals surface area contributed by atoms with E-state index in [1.165, 1.54) is 0 Å². The summed E-state index contributed by atoms with van der Waals surface area (Å²) in [7, 11) is -0.0204. The Morgan fingerprint density at radius 1 is 1.30 bits per heavy atom. The van der Waals surface area contributed by atoms with Gasteiger partial charge in [0.25, 0.3) is 0 Å². The summed E-state index contributed by atoms with van der Waals surface area (Å²) in [5, 5.41) is 0. The van der Waals surface area contributed by atoms with E-state index in [2.05, 4.69) is 61.0 Å². The van der Waals surface area contributed by atoms with Gasteiger partial charge < -0.3 is 4.57 Å². The number of halogens is 1. The molecule has 0 atom stereocenters. The molecule has 3 heteroatoms. The number of rotatable bonds is 2. The van der Waals surface area contributed by atoms with Crippen molar-refractivity contribution >= 4 is 29.0 Å². The fraction of sp³-hybridized carbons (Fsp3) is 1.00. The van der Waals surface area contributed by atoms with Gasteiger partial charge in [0.05, 0.1) is 0 Å². The molecule has 0 bridgehead atoms. The molecule has 0 amide bonds. The zero-order valence-electron chi connectivity index (χ0n) is 7.61. The van der Waals surface area contributed by atoms with Crippen LogP contribution in [0.1, 0.15) is 34.6 Å². The Balaban J connectivity index is 4.07. The molecule has 62 valence electrons. The Hall–Kier alpha value is 0.907. The van der Waals surface area contributed by atoms with Crippen molar-refractivity contribution in [1.29, 1.82) is 0 Å². The lowest BCUT2D eigenvalue weighted by Gasteiger charge is -2.37. The van der Waals surface area contributed by atoms with Gasteiger partial charge in [0.2, 0.25) is 0 Å². The summed E-state index contributed by atoms with van der Waals surface area (Å²) >= 11 is 2.55. The average Bonchev–Trinajstić information content (AvgIpc) is 1.60. The maximum Gasteiger partial charge on any atom is 0.166 e. The maximum absolute atomic E-state index is 2.60. The molecule has 0 aliphatic carbocycles. The topological polar surface area (TPSA) is 3.24 Å². The van der Waals surface area contributed by atoms with E-state index in [9.17, 15) is 0 Å². The van der Waals surface area contributed by atoms with Crippen LogP contribution in [0.2, 0.25) is 0 Å². The Bertz CT molecular complexity index is 98.3. The van der Waals surface area contributed by atoms with E-state index in [0.29, 0.717) is 11.6 Å². The zero-order valence-corrected chi connectivity index (χ0v) is 11.2. The van der Waals surface area contributed by atoms with Crippen LogP contribution in [0.5, 0.6) is 0 Å². The highest BCUT2D eigenvalue weighted by Crippen LogP contribution is 2.16. The molecule has 0 aliphatic heterocycles. The Morgan fingerprint density at radius 3 is 1.70 bits per heavy atom. The van der Waals surface area contributed by atoms with E-state index < -0.39 is 0 Å². The van der Waals surface area contributed by atoms with Crippen LogP contribution in [-0.4, -0.2) is 23.3 Å². The van der Waals surface area contributed by atoms with Gasteiger partial charge in [-0.1, -0.05) is 13.8 Å². The lowest BCUT2D eigenvalue weighted by molar-refractivity contribution is 0.217. The van der Waals surface area contributed by atoms with E-state index in [1.807, 2.05) is 0 Å². The van der Waals surface area contributed by atoms with Crippen molar-refractivity contribution in [3.8, 4) is 0 Å². The van der Waals surface area contributed by atoms with E-state index in [4.69, 9.17) is 0 Å². The summed E-state index contributed by atoms with van der Waals surface area (Å²) in [5.41, 5.74) is 0.377. The summed E-state index contributed by atoms with van der Waals surface area (Å²) in [6, 6.07) is 0.712. The van der Waals surface area contributed by atoms with Crippen molar-refractivity contribution in [2.45, 2.75) is 46.2 Å². The highest BCUT2D eigenvalue weighted by atomic mass is 127. The molecule has 0 radical (unpaired) electrons. The minimum absolute atomic E-state index is 0.0204. The van der Waals surface area contributed by atoms with Crippen LogP contribution in [0.3, 0.4) is 0 Å². The Morgan fingerprint density at radius 2 is 1.70 bits per heavy atom. The van der Waals surface area contributed by atoms with Crippen molar-refractivity contribution in [1.82, 2.24) is 4.57 Å². The first-order valence-electron chi connectivity index (χ1n) is 3.72. The van der Waals surface area contributed by atoms with Crippen molar-refractivity contribution in [2.75, 3.05) is 0 Å². The summed E-state index contributed by atoms with van der Waals surface area (Å²) in [4.78, 5) is 0. The summed E-state index contributed by atoms with van der Waals surface area (Å²) in [6.07, 6.45) is 0. The highest BCUT2D eigenvalue weighted by Gasteiger charge is 2.21. The third kappa shape index (κ3) is 3.34. The van der Waals surface area contributed by atoms with Crippen LogP contribution in [0.4, 0.5) is 0 Å². The first-order valence-corrected chi connectivity index (χ1v) is 9.46. The van der Waals surface area contributed by atoms with Gasteiger partial charge in [-0.15, -0.1) is 21.8 Å². The van der Waals surface area contributed by atoms with Gasteiger partial charge in [-0.3, -0.25) is 0 Å². The first-order chi connectivity index (χ1) is 4.39. The molecule has 0 aromatic rings. The van der Waals surface area contributed by atoms with Gasteiger partial charge in [0, 0.05) is 5.54 Å². The normalized spacial score (nSPS) is 14.4. The average molecular weight is 271 g/mol. The molecule has 1 nitrogen and oxygen atoms in total. The molecule has 0 N–H and O–H groups in total. The van der Waals surface area contributed by atoms with Gasteiger partial charge in [-0.2, -0.15) is 0 Å². The van der Waals surface area contributed by atoms with E-state index >= 15 is 0 Å². The van der Waals surface area contributed by atoms with Crippen LogP contribution < -0.4 is 0 Å². The molecule has 0 fully saturated rings. The van der Waals surface area contributed by atoms with Crippen LogP contribution in [0.25, 0.3) is 0 Å². The first kappa shape index (κ1) is 10.9. The standard InChI is InChI=1S/C7H18INSi/c1-6(2)9(10-8)7(3,4)5/h6H,10H2,1-5H3. The highest BCUT2D eigenvalue weighted by molar-refractivity contribution is 14.1. The smallest absolute Gasteiger partial charge is 0.166 e. The van der Waals surface area contributed by atoms with Gasteiger partial charge in [0.1, 0.15) is 0 Å². The second-order valence-electron chi connectivity index (χ2n) is 3.85. The third-order valence-corrected chi connectivity index (χ3v) is 5.76. The predicted molar refractivity (Wildman–Crippen MR) is 59.3 cm³/mol. The minimum atomic E-state index is -0.0204. The quantitative estimate of drug-likeness (QED) is 0.421. The molecule has 0 saturated heterocycles. The number of hydrogen-bond acceptors (Lipinski definition) is 1. The second kappa shape index (κ2) is 4.06. The van der Waals surface area contributed by atoms with Gasteiger partial charge >= 0.3 is 0 Å². The van der Waals surface area contributed by atoms with Gasteiger partial charge in [-0.05, 0) is 26.8 Å². The molecule has 0 aromatic heterocycles. The Kier molecular flexibility index (Phi) is 4.43. The third-order valence-electron chi connectivity index (χ3n) is 1.61. The maximum atomic E-state index is 2.60. The predicted octanol–water partition coefficient (Wildman–Crippen LogP) is 1.93. The molecule has 0 aliphatic rings. The van der Waals surface area contributed by atoms with E-state index in [1.54, 1.807) is 0 Å². The lowest BCUT2D eigenvalue weighted by atomic mass is 10.1. The SMILES string of the molecule is CC(C)N([SiH2]I)C(C)(C)C. The van der Waals surface area contributed by atoms with Crippen LogP contribution in [0.15, 0.2) is 0 Å². The van der Waals surface area contributed by atoms with Crippen molar-refractivity contribution in [3.05, 3.63) is 0 Å². The summed E-state index contributed by atoms with van der Waals surface area (Å²) < 4.78 is 2.60. The summed E-state index contributed by atoms with van der Waals surface area (Å²) in [5.74, 6) is 0. The number of hydrogen-bond donors (Lipinski definition) is 0. The molecule has 10 heavy (non-hydrogen) atoms. The molecule has 0 rings (SSSR count). The minimum Gasteiger partial charge on any atom is -0.314 e. The molecule has 0 saturated carbocycles. The second-order valence-corrected chi connectivity index (χ2v) is 6.82. The van der Waals surface area contributed by atoms with E-state index in [0.717, 1.165) is 0 Å². The molecular weight excluding hydrogens is 253 g/mol. The van der Waals surface area contributed by atoms with Crippen LogP contribution >= 0.6 is 21.8 Å². The summed E-state index contributed by atoms with van der Waals surface area (Å²) in [6.45, 7) is 11.4. The fourth-order valence-corrected chi connectivity index (χ4v) is 7.16. The molecule has 0 heterocycles. The lowest BCUT2D eigenvalue weighted by Crippen LogP contribution is -2.46. The fourth-order valence-electron chi connectivity index (χ4n) is 1.09. The zero-order chi connectivity index (χ0) is 8.36. The largest absolute Gasteiger partial charge is 0.314 e. The molecule has 0 aromatic carbocycles. The van der Waals surface area contributed by atoms with Crippen molar-refractivity contribution in [3.63, 3.8) is 0 Å². The van der Waals surface area contributed by atoms with Crippen molar-refractivity contribution in [2.24, 2.45) is 0 Å². The van der Waals surface area contributed by atoms with Gasteiger partial charge in [-0.25, -0.2) is 0 Å². The van der Waals surface area contributed by atoms with E-state index in [-0.39, 0.29) is 7.18 Å². The monoisotopic (exact) mass is 271 g/mol.